The van der Waals surface area contributed by atoms with Crippen molar-refractivity contribution in [3.05, 3.63) is 65.9 Å². The van der Waals surface area contributed by atoms with Gasteiger partial charge in [-0.25, -0.2) is 4.99 Å². The number of ether oxygens (including phenoxy) is 1. The number of nitrogens with zero attached hydrogens (tertiary/aromatic N) is 4. The number of aliphatic hydroxyl groups is 1. The second-order valence-corrected chi connectivity index (χ2v) is 6.78. The molecule has 1 aromatic carbocycles. The highest BCUT2D eigenvalue weighted by Crippen LogP contribution is 2.28. The number of furan rings is 1. The second kappa shape index (κ2) is 7.21. The van der Waals surface area contributed by atoms with Gasteiger partial charge in [-0.15, -0.1) is 19.0 Å². The third kappa shape index (κ3) is 4.41. The van der Waals surface area contributed by atoms with Gasteiger partial charge < -0.3 is 14.3 Å². The van der Waals surface area contributed by atoms with E-state index in [4.69, 9.17) is 10.3 Å². The maximum absolute atomic E-state index is 12.4. The van der Waals surface area contributed by atoms with E-state index in [1.807, 2.05) is 0 Å². The number of quaternary nitrogens is 1. The molecule has 2 aliphatic rings. The first-order valence-electron chi connectivity index (χ1n) is 8.84. The molecule has 0 saturated carbocycles. The van der Waals surface area contributed by atoms with Crippen LogP contribution < -0.4 is 10.6 Å². The topological polar surface area (TPSA) is 106 Å². The Morgan fingerprint density at radius 3 is 2.74 bits per heavy atom. The van der Waals surface area contributed by atoms with Crippen LogP contribution in [-0.4, -0.2) is 34.1 Å². The third-order valence-electron chi connectivity index (χ3n) is 4.29. The number of alkyl halides is 3. The maximum Gasteiger partial charge on any atom is 0.573 e. The molecule has 0 radical (unpaired) electrons. The van der Waals surface area contributed by atoms with Crippen molar-refractivity contribution in [3.8, 4) is 17.6 Å². The van der Waals surface area contributed by atoms with E-state index in [1.54, 1.807) is 12.1 Å². The molecule has 4 rings (SSSR count). The summed E-state index contributed by atoms with van der Waals surface area (Å²) in [5.74, 6) is 12.1. The molecule has 11 heteroatoms. The molecule has 0 bridgehead atoms. The number of hydrogen-bond donors (Lipinski definition) is 2. The Balaban J connectivity index is 1.59. The highest BCUT2D eigenvalue weighted by atomic mass is 19.4. The Hall–Kier alpha value is -3.72. The van der Waals surface area contributed by atoms with Crippen LogP contribution in [0, 0.1) is 11.8 Å². The molecule has 8 nitrogen and oxygen atoms in total. The van der Waals surface area contributed by atoms with Gasteiger partial charge in [0.05, 0.1) is 6.26 Å². The minimum atomic E-state index is -4.85. The predicted octanol–water partition coefficient (Wildman–Crippen LogP) is 2.78. The van der Waals surface area contributed by atoms with E-state index in [0.717, 1.165) is 12.1 Å². The molecule has 0 amide bonds. The van der Waals surface area contributed by atoms with Gasteiger partial charge in [0.1, 0.15) is 17.6 Å². The largest absolute Gasteiger partial charge is 0.573 e. The number of halogens is 3. The van der Waals surface area contributed by atoms with Crippen molar-refractivity contribution in [1.82, 2.24) is 0 Å². The van der Waals surface area contributed by atoms with E-state index >= 15 is 0 Å². The lowest BCUT2D eigenvalue weighted by Gasteiger charge is -2.19. The van der Waals surface area contributed by atoms with Gasteiger partial charge in [0.25, 0.3) is 11.7 Å². The average molecular weight is 430 g/mol. The molecule has 2 atom stereocenters. The normalized spacial score (nSPS) is 21.8. The SMILES string of the molecule is CC(O)(C#CC1=C[N+]2(N)N=C(c3ccco3)N=C2C=N1)c1cccc(OC(F)(F)F)c1. The van der Waals surface area contributed by atoms with E-state index < -0.39 is 22.4 Å². The smallest absolute Gasteiger partial charge is 0.461 e. The van der Waals surface area contributed by atoms with Crippen LogP contribution in [-0.2, 0) is 5.60 Å². The van der Waals surface area contributed by atoms with Gasteiger partial charge in [0.2, 0.25) is 0 Å². The Bertz CT molecular complexity index is 1200. The van der Waals surface area contributed by atoms with Crippen molar-refractivity contribution < 1.29 is 32.1 Å². The minimum Gasteiger partial charge on any atom is -0.461 e. The van der Waals surface area contributed by atoms with Crippen molar-refractivity contribution in [2.75, 3.05) is 0 Å². The van der Waals surface area contributed by atoms with E-state index in [1.165, 1.54) is 37.7 Å². The van der Waals surface area contributed by atoms with Gasteiger partial charge in [-0.1, -0.05) is 18.1 Å². The number of fused-ring (bicyclic) bond motifs is 1. The Labute approximate surface area is 174 Å². The average Bonchev–Trinajstić information content (AvgIpc) is 3.32. The Kier molecular flexibility index (Phi) is 4.78. The van der Waals surface area contributed by atoms with Crippen molar-refractivity contribution in [3.63, 3.8) is 0 Å². The third-order valence-corrected chi connectivity index (χ3v) is 4.29. The lowest BCUT2D eigenvalue weighted by Crippen LogP contribution is -2.50. The van der Waals surface area contributed by atoms with Crippen LogP contribution in [0.3, 0.4) is 0 Å². The fourth-order valence-electron chi connectivity index (χ4n) is 2.81. The van der Waals surface area contributed by atoms with Crippen LogP contribution in [0.2, 0.25) is 0 Å². The van der Waals surface area contributed by atoms with Crippen LogP contribution in [0.5, 0.6) is 5.75 Å². The van der Waals surface area contributed by atoms with Gasteiger partial charge in [-0.3, -0.25) is 0 Å². The van der Waals surface area contributed by atoms with Gasteiger partial charge >= 0.3 is 6.36 Å². The van der Waals surface area contributed by atoms with Crippen molar-refractivity contribution in [2.24, 2.45) is 20.9 Å². The van der Waals surface area contributed by atoms with Gasteiger partial charge in [-0.05, 0) is 52.5 Å². The molecule has 2 aromatic rings. The van der Waals surface area contributed by atoms with E-state index in [0.29, 0.717) is 11.6 Å². The molecular weight excluding hydrogens is 415 g/mol. The van der Waals surface area contributed by atoms with Crippen LogP contribution in [0.25, 0.3) is 0 Å². The molecule has 3 N–H and O–H groups in total. The molecular formula is C20H15F3N5O3+. The zero-order valence-electron chi connectivity index (χ0n) is 16.0. The quantitative estimate of drug-likeness (QED) is 0.444. The van der Waals surface area contributed by atoms with Gasteiger partial charge in [0, 0.05) is 0 Å². The Morgan fingerprint density at radius 1 is 1.23 bits per heavy atom. The van der Waals surface area contributed by atoms with Crippen LogP contribution in [0.15, 0.2) is 74.1 Å². The predicted molar refractivity (Wildman–Crippen MR) is 104 cm³/mol. The van der Waals surface area contributed by atoms with E-state index in [-0.39, 0.29) is 17.1 Å². The van der Waals surface area contributed by atoms with Crippen LogP contribution in [0.4, 0.5) is 13.2 Å². The lowest BCUT2D eigenvalue weighted by molar-refractivity contribution is -0.803. The van der Waals surface area contributed by atoms with Crippen molar-refractivity contribution in [2.45, 2.75) is 18.9 Å². The summed E-state index contributed by atoms with van der Waals surface area (Å²) in [6, 6.07) is 8.31. The van der Waals surface area contributed by atoms with Gasteiger partial charge in [-0.2, -0.15) is 4.99 Å². The van der Waals surface area contributed by atoms with Gasteiger partial charge in [0.15, 0.2) is 17.7 Å². The number of aliphatic imine (C=N–C) groups is 2. The highest BCUT2D eigenvalue weighted by molar-refractivity contribution is 6.31. The molecule has 1 aromatic heterocycles. The molecule has 3 heterocycles. The fourth-order valence-corrected chi connectivity index (χ4v) is 2.81. The van der Waals surface area contributed by atoms with Crippen molar-refractivity contribution >= 4 is 17.9 Å². The molecule has 2 unspecified atom stereocenters. The first kappa shape index (κ1) is 20.5. The lowest BCUT2D eigenvalue weighted by atomic mass is 9.96. The zero-order valence-corrected chi connectivity index (χ0v) is 16.0. The molecule has 0 fully saturated rings. The number of nitrogens with two attached hydrogens (primary N) is 1. The molecule has 0 saturated heterocycles. The number of hydrogen-bond acceptors (Lipinski definition) is 7. The van der Waals surface area contributed by atoms with Crippen LogP contribution in [0.1, 0.15) is 18.2 Å². The van der Waals surface area contributed by atoms with E-state index in [2.05, 4.69) is 31.7 Å². The van der Waals surface area contributed by atoms with Crippen LogP contribution >= 0.6 is 0 Å². The van der Waals surface area contributed by atoms with E-state index in [9.17, 15) is 18.3 Å². The first-order chi connectivity index (χ1) is 14.5. The standard InChI is InChI=1S/C20H15F3N5O3/c1-19(29,13-4-2-5-15(10-13)31-20(21,22)23)8-7-14-12-28(24)17(11-25-14)26-18(27-28)16-6-3-9-30-16/h2-6,9-12,29H,24H2,1H3/q+1. The molecule has 2 aliphatic heterocycles. The first-order valence-corrected chi connectivity index (χ1v) is 8.84. The summed E-state index contributed by atoms with van der Waals surface area (Å²) < 4.78 is 45.9. The number of amidine groups is 2. The summed E-state index contributed by atoms with van der Waals surface area (Å²) in [6.45, 7) is 1.34. The summed E-state index contributed by atoms with van der Waals surface area (Å²) in [4.78, 5) is 8.42. The molecule has 0 aliphatic carbocycles. The minimum absolute atomic E-state index is 0.111. The number of benzene rings is 1. The summed E-state index contributed by atoms with van der Waals surface area (Å²) in [5, 5.41) is 15.0. The number of allylic oxidation sites excluding steroid dienone is 1. The molecule has 158 valence electrons. The monoisotopic (exact) mass is 430 g/mol. The summed E-state index contributed by atoms with van der Waals surface area (Å²) in [5.41, 5.74) is -1.49. The summed E-state index contributed by atoms with van der Waals surface area (Å²) in [6.07, 6.45) is -0.564. The summed E-state index contributed by atoms with van der Waals surface area (Å²) >= 11 is 0. The number of rotatable bonds is 3. The molecule has 0 spiro atoms. The zero-order chi connectivity index (χ0) is 22.3. The highest BCUT2D eigenvalue weighted by Gasteiger charge is 2.40. The van der Waals surface area contributed by atoms with Crippen molar-refractivity contribution in [1.29, 1.82) is 0 Å². The Morgan fingerprint density at radius 2 is 2.03 bits per heavy atom. The fraction of sp³-hybridized carbons (Fsp3) is 0.150. The maximum atomic E-state index is 12.4. The second-order valence-electron chi connectivity index (χ2n) is 6.78. The summed E-state index contributed by atoms with van der Waals surface area (Å²) in [7, 11) is 0. The molecule has 31 heavy (non-hydrogen) atoms.